The van der Waals surface area contributed by atoms with Gasteiger partial charge < -0.3 is 0 Å². The third-order valence-electron chi connectivity index (χ3n) is 2.95. The van der Waals surface area contributed by atoms with Crippen molar-refractivity contribution >= 4 is 0 Å². The van der Waals surface area contributed by atoms with Crippen LogP contribution in [0.15, 0.2) is 48.7 Å². The Morgan fingerprint density at radius 1 is 0.947 bits per heavy atom. The van der Waals surface area contributed by atoms with Crippen LogP contribution in [0.4, 0.5) is 0 Å². The highest BCUT2D eigenvalue weighted by Gasteiger charge is 2.09. The van der Waals surface area contributed by atoms with Gasteiger partial charge in [-0.3, -0.25) is 0 Å². The van der Waals surface area contributed by atoms with Crippen molar-refractivity contribution < 1.29 is 0 Å². The molecule has 2 heterocycles. The van der Waals surface area contributed by atoms with Crippen LogP contribution in [-0.2, 0) is 0 Å². The second-order valence-electron chi connectivity index (χ2n) is 4.45. The van der Waals surface area contributed by atoms with E-state index < -0.39 is 0 Å². The second-order valence-corrected chi connectivity index (χ2v) is 4.45. The molecule has 0 aliphatic carbocycles. The molecule has 0 aliphatic heterocycles. The number of aromatic nitrogens is 4. The van der Waals surface area contributed by atoms with Crippen molar-refractivity contribution in [3.8, 4) is 17.2 Å². The summed E-state index contributed by atoms with van der Waals surface area (Å²) in [6.45, 7) is 3.99. The smallest absolute Gasteiger partial charge is 0.181 e. The summed E-state index contributed by atoms with van der Waals surface area (Å²) in [7, 11) is 0. The lowest BCUT2D eigenvalue weighted by Crippen LogP contribution is -2.01. The van der Waals surface area contributed by atoms with Crippen LogP contribution in [0.2, 0.25) is 0 Å². The second kappa shape index (κ2) is 4.65. The van der Waals surface area contributed by atoms with E-state index in [-0.39, 0.29) is 0 Å². The summed E-state index contributed by atoms with van der Waals surface area (Å²) >= 11 is 0. The van der Waals surface area contributed by atoms with E-state index in [1.807, 2.05) is 37.3 Å². The van der Waals surface area contributed by atoms with Gasteiger partial charge >= 0.3 is 0 Å². The minimum absolute atomic E-state index is 0.725. The van der Waals surface area contributed by atoms with E-state index in [2.05, 4.69) is 34.1 Å². The lowest BCUT2D eigenvalue weighted by Gasteiger charge is -1.99. The maximum Gasteiger partial charge on any atom is 0.181 e. The predicted octanol–water partition coefficient (Wildman–Crippen LogP) is 2.95. The third kappa shape index (κ3) is 2.25. The van der Waals surface area contributed by atoms with E-state index in [0.717, 1.165) is 23.0 Å². The molecule has 2 aromatic heterocycles. The van der Waals surface area contributed by atoms with Crippen molar-refractivity contribution in [2.45, 2.75) is 13.8 Å². The topological polar surface area (TPSA) is 43.6 Å². The molecule has 0 bridgehead atoms. The molecule has 0 atom stereocenters. The molecular weight excluding hydrogens is 236 g/mol. The number of hydrogen-bond donors (Lipinski definition) is 0. The Hall–Kier alpha value is -2.49. The maximum absolute atomic E-state index is 4.52. The monoisotopic (exact) mass is 250 g/mol. The summed E-state index contributed by atoms with van der Waals surface area (Å²) in [5.74, 6) is 2.34. The van der Waals surface area contributed by atoms with Gasteiger partial charge in [-0.2, -0.15) is 4.68 Å². The average Bonchev–Trinajstić information content (AvgIpc) is 2.83. The van der Waals surface area contributed by atoms with Crippen LogP contribution in [-0.4, -0.2) is 19.7 Å². The molecule has 3 rings (SSSR count). The Labute approximate surface area is 111 Å². The Morgan fingerprint density at radius 2 is 1.74 bits per heavy atom. The SMILES string of the molecule is Cc1ccc(-c2nc(C)n(-c3ccccn3)n2)cc1. The number of benzene rings is 1. The average molecular weight is 250 g/mol. The van der Waals surface area contributed by atoms with Crippen LogP contribution in [0.3, 0.4) is 0 Å². The molecule has 0 aliphatic rings. The van der Waals surface area contributed by atoms with Crippen LogP contribution >= 0.6 is 0 Å². The van der Waals surface area contributed by atoms with Crippen molar-refractivity contribution in [2.75, 3.05) is 0 Å². The molecule has 94 valence electrons. The predicted molar refractivity (Wildman–Crippen MR) is 74.1 cm³/mol. The van der Waals surface area contributed by atoms with Crippen LogP contribution in [0.25, 0.3) is 17.2 Å². The van der Waals surface area contributed by atoms with Crippen LogP contribution < -0.4 is 0 Å². The summed E-state index contributed by atoms with van der Waals surface area (Å²) < 4.78 is 1.76. The highest BCUT2D eigenvalue weighted by molar-refractivity contribution is 5.55. The molecular formula is C15H14N4. The van der Waals surface area contributed by atoms with Gasteiger partial charge in [0.25, 0.3) is 0 Å². The summed E-state index contributed by atoms with van der Waals surface area (Å²) in [6, 6.07) is 13.9. The number of pyridine rings is 1. The highest BCUT2D eigenvalue weighted by atomic mass is 15.4. The first kappa shape index (κ1) is 11.6. The van der Waals surface area contributed by atoms with Crippen LogP contribution in [0.1, 0.15) is 11.4 Å². The number of aryl methyl sites for hydroxylation is 2. The zero-order valence-electron chi connectivity index (χ0n) is 10.9. The molecule has 0 saturated carbocycles. The van der Waals surface area contributed by atoms with Gasteiger partial charge in [-0.25, -0.2) is 9.97 Å². The first-order valence-electron chi connectivity index (χ1n) is 6.16. The zero-order chi connectivity index (χ0) is 13.2. The van der Waals surface area contributed by atoms with Crippen LogP contribution in [0.5, 0.6) is 0 Å². The minimum atomic E-state index is 0.725. The summed E-state index contributed by atoms with van der Waals surface area (Å²) in [5.41, 5.74) is 2.24. The molecule has 0 saturated heterocycles. The maximum atomic E-state index is 4.52. The fourth-order valence-electron chi connectivity index (χ4n) is 1.91. The minimum Gasteiger partial charge on any atom is -0.237 e. The van der Waals surface area contributed by atoms with Gasteiger partial charge in [0.2, 0.25) is 0 Å². The van der Waals surface area contributed by atoms with Gasteiger partial charge in [-0.15, -0.1) is 5.10 Å². The lowest BCUT2D eigenvalue weighted by atomic mass is 10.1. The Balaban J connectivity index is 2.04. The number of rotatable bonds is 2. The van der Waals surface area contributed by atoms with Gasteiger partial charge in [-0.05, 0) is 26.0 Å². The van der Waals surface area contributed by atoms with E-state index in [1.165, 1.54) is 5.56 Å². The molecule has 3 aromatic rings. The van der Waals surface area contributed by atoms with Crippen molar-refractivity contribution in [2.24, 2.45) is 0 Å². The van der Waals surface area contributed by atoms with E-state index in [9.17, 15) is 0 Å². The largest absolute Gasteiger partial charge is 0.237 e. The van der Waals surface area contributed by atoms with Gasteiger partial charge in [0.05, 0.1) is 0 Å². The molecule has 0 spiro atoms. The molecule has 19 heavy (non-hydrogen) atoms. The van der Waals surface area contributed by atoms with Crippen molar-refractivity contribution in [1.82, 2.24) is 19.7 Å². The number of nitrogens with zero attached hydrogens (tertiary/aromatic N) is 4. The molecule has 0 unspecified atom stereocenters. The Morgan fingerprint density at radius 3 is 2.42 bits per heavy atom. The van der Waals surface area contributed by atoms with Gasteiger partial charge in [0.15, 0.2) is 11.6 Å². The normalized spacial score (nSPS) is 10.6. The molecule has 0 fully saturated rings. The fraction of sp³-hybridized carbons (Fsp3) is 0.133. The highest BCUT2D eigenvalue weighted by Crippen LogP contribution is 2.17. The fourth-order valence-corrected chi connectivity index (χ4v) is 1.91. The van der Waals surface area contributed by atoms with Gasteiger partial charge in [0, 0.05) is 11.8 Å². The van der Waals surface area contributed by atoms with Gasteiger partial charge in [0.1, 0.15) is 5.82 Å². The molecule has 4 nitrogen and oxygen atoms in total. The molecule has 0 amide bonds. The summed E-state index contributed by atoms with van der Waals surface area (Å²) in [5, 5.41) is 4.52. The van der Waals surface area contributed by atoms with E-state index >= 15 is 0 Å². The van der Waals surface area contributed by atoms with E-state index in [4.69, 9.17) is 0 Å². The molecule has 0 N–H and O–H groups in total. The third-order valence-corrected chi connectivity index (χ3v) is 2.95. The number of hydrogen-bond acceptors (Lipinski definition) is 3. The van der Waals surface area contributed by atoms with Crippen molar-refractivity contribution in [3.63, 3.8) is 0 Å². The first-order chi connectivity index (χ1) is 9.24. The molecule has 0 radical (unpaired) electrons. The van der Waals surface area contributed by atoms with E-state index in [1.54, 1.807) is 10.9 Å². The van der Waals surface area contributed by atoms with Crippen LogP contribution in [0, 0.1) is 13.8 Å². The zero-order valence-corrected chi connectivity index (χ0v) is 10.9. The summed E-state index contributed by atoms with van der Waals surface area (Å²) in [6.07, 6.45) is 1.75. The van der Waals surface area contributed by atoms with Crippen molar-refractivity contribution in [1.29, 1.82) is 0 Å². The van der Waals surface area contributed by atoms with E-state index in [0.29, 0.717) is 0 Å². The summed E-state index contributed by atoms with van der Waals surface area (Å²) in [4.78, 5) is 8.79. The van der Waals surface area contributed by atoms with Gasteiger partial charge in [-0.1, -0.05) is 35.9 Å². The quantitative estimate of drug-likeness (QED) is 0.702. The first-order valence-corrected chi connectivity index (χ1v) is 6.16. The molecule has 1 aromatic carbocycles. The Bertz CT molecular complexity index is 684. The van der Waals surface area contributed by atoms with Crippen molar-refractivity contribution in [3.05, 3.63) is 60.0 Å². The lowest BCUT2D eigenvalue weighted by molar-refractivity contribution is 0.813. The standard InChI is InChI=1S/C15H14N4/c1-11-6-8-13(9-7-11)15-17-12(2)19(18-15)14-5-3-4-10-16-14/h3-10H,1-2H3. The Kier molecular flexibility index (Phi) is 2.83. The molecule has 4 heteroatoms.